The minimum absolute atomic E-state index is 0.0706. The lowest BCUT2D eigenvalue weighted by Crippen LogP contribution is -2.22. The molecule has 0 bridgehead atoms. The Bertz CT molecular complexity index is 517. The average molecular weight is 188 g/mol. The van der Waals surface area contributed by atoms with Crippen LogP contribution in [0.15, 0.2) is 34.5 Å². The molecule has 1 aliphatic heterocycles. The van der Waals surface area contributed by atoms with Crippen LogP contribution in [0.25, 0.3) is 6.08 Å². The number of aliphatic carboxylic acids is 1. The Kier molecular flexibility index (Phi) is 2.10. The summed E-state index contributed by atoms with van der Waals surface area (Å²) in [6.45, 7) is 0. The van der Waals surface area contributed by atoms with E-state index >= 15 is 0 Å². The first-order chi connectivity index (χ1) is 6.77. The van der Waals surface area contributed by atoms with E-state index in [1.54, 1.807) is 6.07 Å². The van der Waals surface area contributed by atoms with E-state index < -0.39 is 5.97 Å². The van der Waals surface area contributed by atoms with Crippen LogP contribution in [-0.2, 0) is 4.79 Å². The summed E-state index contributed by atoms with van der Waals surface area (Å²) in [4.78, 5) is 10.6. The smallest absolute Gasteiger partial charge is 0.352 e. The van der Waals surface area contributed by atoms with Gasteiger partial charge in [-0.15, -0.1) is 5.10 Å². The molecule has 1 aromatic carbocycles. The summed E-state index contributed by atoms with van der Waals surface area (Å²) >= 11 is 0. The van der Waals surface area contributed by atoms with E-state index in [2.05, 4.69) is 10.2 Å². The molecule has 1 N–H and O–H groups in total. The Balaban J connectivity index is 2.57. The molecule has 0 atom stereocenters. The maximum absolute atomic E-state index is 10.6. The van der Waals surface area contributed by atoms with Gasteiger partial charge in [0, 0.05) is 6.42 Å². The van der Waals surface area contributed by atoms with Gasteiger partial charge in [-0.2, -0.15) is 5.10 Å². The normalized spacial score (nSPS) is 14.1. The number of nitrogens with zero attached hydrogens (tertiary/aromatic N) is 2. The van der Waals surface area contributed by atoms with Crippen molar-refractivity contribution >= 4 is 17.8 Å². The van der Waals surface area contributed by atoms with Crippen LogP contribution in [0.3, 0.4) is 0 Å². The Morgan fingerprint density at radius 3 is 2.86 bits per heavy atom. The zero-order valence-electron chi connectivity index (χ0n) is 7.34. The largest absolute Gasteiger partial charge is 0.477 e. The number of carboxylic acid groups (broad SMARTS) is 1. The molecule has 0 aromatic heterocycles. The minimum atomic E-state index is -1.02. The van der Waals surface area contributed by atoms with Crippen LogP contribution in [0.4, 0.5) is 0 Å². The highest BCUT2D eigenvalue weighted by Gasteiger charge is 2.08. The standard InChI is InChI=1S/C10H8N2O2/c13-10(14)9-6-5-7-3-1-2-4-8(7)11-12-9/h1-5H,6H2,(H,13,14). The molecule has 1 aromatic rings. The topological polar surface area (TPSA) is 62.0 Å². The molecule has 0 radical (unpaired) electrons. The van der Waals surface area contributed by atoms with Gasteiger partial charge in [0.05, 0.1) is 5.36 Å². The quantitative estimate of drug-likeness (QED) is 0.670. The molecule has 14 heavy (non-hydrogen) atoms. The second-order valence-electron chi connectivity index (χ2n) is 2.92. The fourth-order valence-electron chi connectivity index (χ4n) is 1.24. The SMILES string of the molecule is O=C(O)C1=NN=c2ccccc2=CC1. The van der Waals surface area contributed by atoms with Gasteiger partial charge < -0.3 is 5.11 Å². The summed E-state index contributed by atoms with van der Waals surface area (Å²) in [5.41, 5.74) is 0.0706. The molecular weight excluding hydrogens is 180 g/mol. The predicted octanol–water partition coefficient (Wildman–Crippen LogP) is -0.0690. The lowest BCUT2D eigenvalue weighted by molar-refractivity contribution is -0.129. The van der Waals surface area contributed by atoms with Gasteiger partial charge in [-0.3, -0.25) is 0 Å². The van der Waals surface area contributed by atoms with E-state index in [0.29, 0.717) is 11.8 Å². The molecule has 1 heterocycles. The zero-order valence-corrected chi connectivity index (χ0v) is 7.34. The van der Waals surface area contributed by atoms with E-state index in [1.165, 1.54) is 0 Å². The molecule has 0 saturated heterocycles. The van der Waals surface area contributed by atoms with E-state index in [1.807, 2.05) is 24.3 Å². The average Bonchev–Trinajstić information content (AvgIpc) is 2.39. The third-order valence-corrected chi connectivity index (χ3v) is 1.98. The van der Waals surface area contributed by atoms with Crippen molar-refractivity contribution in [3.63, 3.8) is 0 Å². The molecule has 2 rings (SSSR count). The summed E-state index contributed by atoms with van der Waals surface area (Å²) in [7, 11) is 0. The summed E-state index contributed by atoms with van der Waals surface area (Å²) in [5.74, 6) is -1.02. The number of benzene rings is 1. The van der Waals surface area contributed by atoms with Crippen LogP contribution in [-0.4, -0.2) is 16.8 Å². The van der Waals surface area contributed by atoms with Gasteiger partial charge in [-0.1, -0.05) is 24.3 Å². The van der Waals surface area contributed by atoms with Crippen LogP contribution < -0.4 is 10.6 Å². The highest BCUT2D eigenvalue weighted by Crippen LogP contribution is 1.92. The van der Waals surface area contributed by atoms with Gasteiger partial charge in [0.15, 0.2) is 5.71 Å². The number of fused-ring (bicyclic) bond motifs is 1. The number of rotatable bonds is 1. The summed E-state index contributed by atoms with van der Waals surface area (Å²) in [5, 5.41) is 17.9. The first-order valence-corrected chi connectivity index (χ1v) is 4.20. The van der Waals surface area contributed by atoms with Crippen LogP contribution >= 0.6 is 0 Å². The van der Waals surface area contributed by atoms with Crippen molar-refractivity contribution in [2.24, 2.45) is 10.2 Å². The number of hydrogen-bond acceptors (Lipinski definition) is 3. The number of hydrogen-bond donors (Lipinski definition) is 1. The van der Waals surface area contributed by atoms with Crippen LogP contribution in [0.5, 0.6) is 0 Å². The first-order valence-electron chi connectivity index (χ1n) is 4.20. The van der Waals surface area contributed by atoms with Gasteiger partial charge in [-0.05, 0) is 11.3 Å². The molecule has 0 spiro atoms. The Morgan fingerprint density at radius 1 is 1.29 bits per heavy atom. The molecule has 0 unspecified atom stereocenters. The number of carboxylic acids is 1. The van der Waals surface area contributed by atoms with Gasteiger partial charge in [-0.25, -0.2) is 4.79 Å². The van der Waals surface area contributed by atoms with E-state index in [0.717, 1.165) is 5.22 Å². The monoisotopic (exact) mass is 188 g/mol. The van der Waals surface area contributed by atoms with Crippen molar-refractivity contribution in [1.29, 1.82) is 0 Å². The Hall–Kier alpha value is -1.97. The highest BCUT2D eigenvalue weighted by atomic mass is 16.4. The molecule has 0 amide bonds. The van der Waals surface area contributed by atoms with Crippen molar-refractivity contribution in [2.45, 2.75) is 6.42 Å². The van der Waals surface area contributed by atoms with Crippen molar-refractivity contribution in [2.75, 3.05) is 0 Å². The van der Waals surface area contributed by atoms with Gasteiger partial charge in [0.2, 0.25) is 0 Å². The second-order valence-corrected chi connectivity index (χ2v) is 2.92. The van der Waals surface area contributed by atoms with Gasteiger partial charge >= 0.3 is 5.97 Å². The Labute approximate surface area is 79.9 Å². The molecule has 0 aliphatic carbocycles. The van der Waals surface area contributed by atoms with Crippen LogP contribution in [0, 0.1) is 0 Å². The van der Waals surface area contributed by atoms with Crippen molar-refractivity contribution in [3.05, 3.63) is 34.8 Å². The lowest BCUT2D eigenvalue weighted by atomic mass is 10.2. The first kappa shape index (κ1) is 8.62. The maximum Gasteiger partial charge on any atom is 0.352 e. The summed E-state index contributed by atoms with van der Waals surface area (Å²) in [6.07, 6.45) is 2.13. The zero-order chi connectivity index (χ0) is 9.97. The molecular formula is C10H8N2O2. The van der Waals surface area contributed by atoms with Crippen LogP contribution in [0.1, 0.15) is 6.42 Å². The predicted molar refractivity (Wildman–Crippen MR) is 51.4 cm³/mol. The van der Waals surface area contributed by atoms with Crippen molar-refractivity contribution in [1.82, 2.24) is 0 Å². The fraction of sp³-hybridized carbons (Fsp3) is 0.100. The number of carbonyl (C=O) groups is 1. The second kappa shape index (κ2) is 3.41. The van der Waals surface area contributed by atoms with Gasteiger partial charge in [0.1, 0.15) is 0 Å². The Morgan fingerprint density at radius 2 is 2.07 bits per heavy atom. The molecule has 70 valence electrons. The molecule has 0 fully saturated rings. The maximum atomic E-state index is 10.6. The van der Waals surface area contributed by atoms with E-state index in [9.17, 15) is 4.79 Å². The van der Waals surface area contributed by atoms with Crippen molar-refractivity contribution in [3.8, 4) is 0 Å². The third-order valence-electron chi connectivity index (χ3n) is 1.98. The minimum Gasteiger partial charge on any atom is -0.477 e. The third kappa shape index (κ3) is 1.54. The molecule has 4 nitrogen and oxygen atoms in total. The van der Waals surface area contributed by atoms with E-state index in [-0.39, 0.29) is 5.71 Å². The van der Waals surface area contributed by atoms with Crippen molar-refractivity contribution < 1.29 is 9.90 Å². The molecule has 4 heteroatoms. The fourth-order valence-corrected chi connectivity index (χ4v) is 1.24. The summed E-state index contributed by atoms with van der Waals surface area (Å²) < 4.78 is 0. The van der Waals surface area contributed by atoms with E-state index in [4.69, 9.17) is 5.11 Å². The summed E-state index contributed by atoms with van der Waals surface area (Å²) in [6, 6.07) is 7.42. The lowest BCUT2D eigenvalue weighted by Gasteiger charge is -1.89. The molecule has 1 aliphatic rings. The highest BCUT2D eigenvalue weighted by molar-refractivity contribution is 6.36. The van der Waals surface area contributed by atoms with Gasteiger partial charge in [0.25, 0.3) is 0 Å². The van der Waals surface area contributed by atoms with Crippen LogP contribution in [0.2, 0.25) is 0 Å². The molecule has 0 saturated carbocycles.